The Morgan fingerprint density at radius 2 is 1.95 bits per heavy atom. The first-order valence-electron chi connectivity index (χ1n) is 7.93. The fourth-order valence-corrected chi connectivity index (χ4v) is 2.76. The number of nitrogens with one attached hydrogen (secondary N) is 3. The molecule has 120 valence electrons. The van der Waals surface area contributed by atoms with Crippen LogP contribution < -0.4 is 16.0 Å². The van der Waals surface area contributed by atoms with E-state index in [4.69, 9.17) is 0 Å². The van der Waals surface area contributed by atoms with Crippen LogP contribution in [-0.2, 0) is 9.59 Å². The standard InChI is InChI=1S/C17H25N3O2/c1-12-3-5-15(19-13(2)21)11-16(12)20-17(22)6-4-14-7-9-18-10-8-14/h3,5,11,14,18H,4,6-10H2,1-2H3,(H,19,21)(H,20,22). The third kappa shape index (κ3) is 5.15. The lowest BCUT2D eigenvalue weighted by Crippen LogP contribution is -2.28. The van der Waals surface area contributed by atoms with Gasteiger partial charge in [-0.1, -0.05) is 6.07 Å². The minimum absolute atomic E-state index is 0.0432. The molecule has 0 unspecified atom stereocenters. The van der Waals surface area contributed by atoms with Crippen LogP contribution in [0.5, 0.6) is 0 Å². The molecular formula is C17H25N3O2. The molecule has 0 radical (unpaired) electrons. The molecule has 5 heteroatoms. The van der Waals surface area contributed by atoms with E-state index in [1.54, 1.807) is 6.07 Å². The van der Waals surface area contributed by atoms with E-state index >= 15 is 0 Å². The van der Waals surface area contributed by atoms with Gasteiger partial charge in [0.25, 0.3) is 0 Å². The summed E-state index contributed by atoms with van der Waals surface area (Å²) in [4.78, 5) is 23.2. The van der Waals surface area contributed by atoms with Gasteiger partial charge in [-0.2, -0.15) is 0 Å². The molecule has 0 spiro atoms. The van der Waals surface area contributed by atoms with E-state index in [2.05, 4.69) is 16.0 Å². The summed E-state index contributed by atoms with van der Waals surface area (Å²) in [6, 6.07) is 5.54. The van der Waals surface area contributed by atoms with Gasteiger partial charge in [-0.15, -0.1) is 0 Å². The highest BCUT2D eigenvalue weighted by atomic mass is 16.2. The first-order valence-corrected chi connectivity index (χ1v) is 7.93. The number of hydrogen-bond acceptors (Lipinski definition) is 3. The minimum Gasteiger partial charge on any atom is -0.326 e. The van der Waals surface area contributed by atoms with E-state index in [9.17, 15) is 9.59 Å². The normalized spacial score (nSPS) is 15.4. The molecule has 5 nitrogen and oxygen atoms in total. The van der Waals surface area contributed by atoms with Gasteiger partial charge in [-0.05, 0) is 62.9 Å². The Morgan fingerprint density at radius 3 is 2.64 bits per heavy atom. The molecular weight excluding hydrogens is 278 g/mol. The number of carbonyl (C=O) groups is 2. The predicted octanol–water partition coefficient (Wildman–Crippen LogP) is 2.67. The molecule has 0 aromatic heterocycles. The SMILES string of the molecule is CC(=O)Nc1ccc(C)c(NC(=O)CCC2CCNCC2)c1. The van der Waals surface area contributed by atoms with Crippen molar-refractivity contribution in [3.05, 3.63) is 23.8 Å². The number of aryl methyl sites for hydroxylation is 1. The lowest BCUT2D eigenvalue weighted by Gasteiger charge is -2.22. The van der Waals surface area contributed by atoms with Crippen molar-refractivity contribution in [2.45, 2.75) is 39.5 Å². The molecule has 2 rings (SSSR count). The predicted molar refractivity (Wildman–Crippen MR) is 88.9 cm³/mol. The molecule has 1 aliphatic heterocycles. The Hall–Kier alpha value is -1.88. The molecule has 0 bridgehead atoms. The molecule has 1 saturated heterocycles. The quantitative estimate of drug-likeness (QED) is 0.783. The van der Waals surface area contributed by atoms with Crippen molar-refractivity contribution in [1.82, 2.24) is 5.32 Å². The Bertz CT molecular complexity index is 537. The van der Waals surface area contributed by atoms with Crippen molar-refractivity contribution in [2.24, 2.45) is 5.92 Å². The molecule has 2 amide bonds. The van der Waals surface area contributed by atoms with Crippen LogP contribution in [0.15, 0.2) is 18.2 Å². The van der Waals surface area contributed by atoms with Crippen molar-refractivity contribution in [2.75, 3.05) is 23.7 Å². The molecule has 1 heterocycles. The smallest absolute Gasteiger partial charge is 0.224 e. The molecule has 3 N–H and O–H groups in total. The first-order chi connectivity index (χ1) is 10.5. The third-order valence-corrected chi connectivity index (χ3v) is 4.07. The molecule has 1 aromatic carbocycles. The Balaban J connectivity index is 1.88. The van der Waals surface area contributed by atoms with Crippen LogP contribution in [0.4, 0.5) is 11.4 Å². The zero-order valence-corrected chi connectivity index (χ0v) is 13.4. The van der Waals surface area contributed by atoms with E-state index in [0.29, 0.717) is 18.0 Å². The summed E-state index contributed by atoms with van der Waals surface area (Å²) in [7, 11) is 0. The topological polar surface area (TPSA) is 70.2 Å². The lowest BCUT2D eigenvalue weighted by molar-refractivity contribution is -0.116. The van der Waals surface area contributed by atoms with Crippen molar-refractivity contribution >= 4 is 23.2 Å². The van der Waals surface area contributed by atoms with Crippen LogP contribution in [-0.4, -0.2) is 24.9 Å². The summed E-state index contributed by atoms with van der Waals surface area (Å²) in [5.41, 5.74) is 2.46. The van der Waals surface area contributed by atoms with Gasteiger partial charge >= 0.3 is 0 Å². The van der Waals surface area contributed by atoms with E-state index < -0.39 is 0 Å². The summed E-state index contributed by atoms with van der Waals surface area (Å²) >= 11 is 0. The highest BCUT2D eigenvalue weighted by Crippen LogP contribution is 2.22. The van der Waals surface area contributed by atoms with Gasteiger partial charge in [-0.3, -0.25) is 9.59 Å². The fraction of sp³-hybridized carbons (Fsp3) is 0.529. The Labute approximate surface area is 131 Å². The van der Waals surface area contributed by atoms with E-state index in [1.165, 1.54) is 6.92 Å². The van der Waals surface area contributed by atoms with E-state index in [0.717, 1.165) is 43.6 Å². The third-order valence-electron chi connectivity index (χ3n) is 4.07. The number of anilines is 2. The van der Waals surface area contributed by atoms with Crippen LogP contribution in [0.1, 0.15) is 38.2 Å². The van der Waals surface area contributed by atoms with Crippen LogP contribution in [0.2, 0.25) is 0 Å². The molecule has 0 atom stereocenters. The fourth-order valence-electron chi connectivity index (χ4n) is 2.76. The highest BCUT2D eigenvalue weighted by molar-refractivity contribution is 5.94. The van der Waals surface area contributed by atoms with E-state index in [-0.39, 0.29) is 11.8 Å². The summed E-state index contributed by atoms with van der Waals surface area (Å²) in [5.74, 6) is 0.576. The summed E-state index contributed by atoms with van der Waals surface area (Å²) in [6.45, 7) is 5.53. The van der Waals surface area contributed by atoms with Crippen LogP contribution >= 0.6 is 0 Å². The van der Waals surface area contributed by atoms with Gasteiger partial charge in [-0.25, -0.2) is 0 Å². The van der Waals surface area contributed by atoms with Crippen molar-refractivity contribution < 1.29 is 9.59 Å². The number of benzene rings is 1. The van der Waals surface area contributed by atoms with Gasteiger partial charge in [0, 0.05) is 24.7 Å². The molecule has 1 aliphatic rings. The second-order valence-electron chi connectivity index (χ2n) is 5.99. The molecule has 1 aromatic rings. The average Bonchev–Trinajstić information content (AvgIpc) is 2.49. The van der Waals surface area contributed by atoms with Crippen LogP contribution in [0.25, 0.3) is 0 Å². The summed E-state index contributed by atoms with van der Waals surface area (Å²) < 4.78 is 0. The molecule has 22 heavy (non-hydrogen) atoms. The summed E-state index contributed by atoms with van der Waals surface area (Å²) in [6.07, 6.45) is 3.81. The lowest BCUT2D eigenvalue weighted by atomic mass is 9.93. The van der Waals surface area contributed by atoms with Crippen LogP contribution in [0.3, 0.4) is 0 Å². The number of amides is 2. The maximum absolute atomic E-state index is 12.1. The second-order valence-corrected chi connectivity index (χ2v) is 5.99. The molecule has 0 saturated carbocycles. The first kappa shape index (κ1) is 16.5. The van der Waals surface area contributed by atoms with Crippen LogP contribution in [0, 0.1) is 12.8 Å². The largest absolute Gasteiger partial charge is 0.326 e. The zero-order chi connectivity index (χ0) is 15.9. The van der Waals surface area contributed by atoms with Crippen molar-refractivity contribution in [3.63, 3.8) is 0 Å². The number of hydrogen-bond donors (Lipinski definition) is 3. The van der Waals surface area contributed by atoms with Crippen molar-refractivity contribution in [1.29, 1.82) is 0 Å². The number of carbonyl (C=O) groups excluding carboxylic acids is 2. The number of piperidine rings is 1. The highest BCUT2D eigenvalue weighted by Gasteiger charge is 2.15. The zero-order valence-electron chi connectivity index (χ0n) is 13.4. The maximum Gasteiger partial charge on any atom is 0.224 e. The summed E-state index contributed by atoms with van der Waals surface area (Å²) in [5, 5.41) is 9.03. The second kappa shape index (κ2) is 7.94. The molecule has 1 fully saturated rings. The Morgan fingerprint density at radius 1 is 1.23 bits per heavy atom. The van der Waals surface area contributed by atoms with Gasteiger partial charge < -0.3 is 16.0 Å². The van der Waals surface area contributed by atoms with Gasteiger partial charge in [0.2, 0.25) is 11.8 Å². The van der Waals surface area contributed by atoms with Gasteiger partial charge in [0.15, 0.2) is 0 Å². The average molecular weight is 303 g/mol. The molecule has 0 aliphatic carbocycles. The van der Waals surface area contributed by atoms with Gasteiger partial charge in [0.05, 0.1) is 0 Å². The van der Waals surface area contributed by atoms with E-state index in [1.807, 2.05) is 19.1 Å². The monoisotopic (exact) mass is 303 g/mol. The maximum atomic E-state index is 12.1. The Kier molecular flexibility index (Phi) is 5.95. The number of rotatable bonds is 5. The van der Waals surface area contributed by atoms with Gasteiger partial charge in [0.1, 0.15) is 0 Å². The minimum atomic E-state index is -0.118. The van der Waals surface area contributed by atoms with Crippen molar-refractivity contribution in [3.8, 4) is 0 Å².